The number of rotatable bonds is 4. The van der Waals surface area contributed by atoms with Crippen LogP contribution in [0.2, 0.25) is 0 Å². The number of hydrogen-bond acceptors (Lipinski definition) is 2. The summed E-state index contributed by atoms with van der Waals surface area (Å²) in [6.45, 7) is 4.17. The molecular weight excluding hydrogens is 280 g/mol. The molecule has 7 heteroatoms. The highest BCUT2D eigenvalue weighted by Crippen LogP contribution is 2.15. The number of amides is 3. The zero-order chi connectivity index (χ0) is 15.6. The van der Waals surface area contributed by atoms with E-state index in [1.165, 1.54) is 12.1 Å². The van der Waals surface area contributed by atoms with Crippen LogP contribution in [0.1, 0.15) is 25.5 Å². The van der Waals surface area contributed by atoms with Gasteiger partial charge in [-0.25, -0.2) is 13.6 Å². The number of carbonyl (C=O) groups excluding carboxylic acids is 2. The lowest BCUT2D eigenvalue weighted by molar-refractivity contribution is -0.711. The normalized spacial score (nSPS) is 17.5. The van der Waals surface area contributed by atoms with Crippen molar-refractivity contribution in [3.8, 4) is 0 Å². The maximum absolute atomic E-state index is 13.7. The van der Waals surface area contributed by atoms with Crippen LogP contribution in [0.3, 0.4) is 0 Å². The number of nitrogens with two attached hydrogens (primary N) is 1. The molecule has 0 spiro atoms. The molecule has 1 aliphatic rings. The van der Waals surface area contributed by atoms with Gasteiger partial charge in [0.05, 0.1) is 0 Å². The summed E-state index contributed by atoms with van der Waals surface area (Å²) < 4.78 is 26.6. The second kappa shape index (κ2) is 6.17. The summed E-state index contributed by atoms with van der Waals surface area (Å²) in [5, 5.41) is 4.21. The predicted molar refractivity (Wildman–Crippen MR) is 71.3 cm³/mol. The van der Waals surface area contributed by atoms with Crippen LogP contribution in [0.15, 0.2) is 18.2 Å². The van der Waals surface area contributed by atoms with E-state index in [0.717, 1.165) is 11.0 Å². The number of urea groups is 1. The number of halogens is 2. The molecule has 3 amide bonds. The number of quaternary nitrogens is 1. The van der Waals surface area contributed by atoms with Crippen molar-refractivity contribution in [2.45, 2.75) is 25.9 Å². The van der Waals surface area contributed by atoms with E-state index in [2.05, 4.69) is 5.32 Å². The third-order valence-corrected chi connectivity index (χ3v) is 3.54. The molecule has 1 heterocycles. The van der Waals surface area contributed by atoms with Crippen LogP contribution in [0.25, 0.3) is 0 Å². The fourth-order valence-corrected chi connectivity index (χ4v) is 2.42. The van der Waals surface area contributed by atoms with Crippen molar-refractivity contribution < 1.29 is 23.7 Å². The zero-order valence-electron chi connectivity index (χ0n) is 11.9. The van der Waals surface area contributed by atoms with Crippen molar-refractivity contribution in [3.63, 3.8) is 0 Å². The number of nitrogens with one attached hydrogen (secondary N) is 1. The molecule has 0 unspecified atom stereocenters. The first kappa shape index (κ1) is 15.4. The Labute approximate surface area is 121 Å². The summed E-state index contributed by atoms with van der Waals surface area (Å²) in [5.74, 6) is -1.60. The largest absolute Gasteiger partial charge is 0.336 e. The number of carbonyl (C=O) groups is 2. The van der Waals surface area contributed by atoms with Crippen LogP contribution in [-0.2, 0) is 4.79 Å². The molecule has 0 aromatic heterocycles. The lowest BCUT2D eigenvalue weighted by atomic mass is 10.1. The van der Waals surface area contributed by atoms with E-state index in [4.69, 9.17) is 0 Å². The van der Waals surface area contributed by atoms with E-state index in [-0.39, 0.29) is 11.9 Å². The molecule has 1 aromatic carbocycles. The minimum Gasteiger partial charge on any atom is -0.336 e. The molecule has 1 fully saturated rings. The fourth-order valence-electron chi connectivity index (χ4n) is 2.42. The van der Waals surface area contributed by atoms with Gasteiger partial charge in [-0.1, -0.05) is 0 Å². The molecule has 1 aliphatic heterocycles. The quantitative estimate of drug-likeness (QED) is 0.851. The molecule has 0 aliphatic carbocycles. The van der Waals surface area contributed by atoms with E-state index in [9.17, 15) is 18.4 Å². The van der Waals surface area contributed by atoms with E-state index in [1.54, 1.807) is 19.2 Å². The minimum atomic E-state index is -0.641. The highest BCUT2D eigenvalue weighted by molar-refractivity contribution is 5.97. The Bertz CT molecular complexity index is 565. The molecule has 0 saturated carbocycles. The van der Waals surface area contributed by atoms with Gasteiger partial charge in [-0.3, -0.25) is 9.69 Å². The fraction of sp³-hybridized carbons (Fsp3) is 0.429. The molecule has 2 rings (SSSR count). The minimum absolute atomic E-state index is 0.320. The Morgan fingerprint density at radius 1 is 1.38 bits per heavy atom. The van der Waals surface area contributed by atoms with Crippen molar-refractivity contribution in [2.24, 2.45) is 0 Å². The standard InChI is InChI=1S/C14H17F2N3O2/c1-8(11-4-3-10(15)7-12(11)16)18-9(2)13(20)19-6-5-17-14(19)21/h3-4,7-9,18H,5-6H2,1-2H3,(H,17,21)/p+1/t8-,9-/m1/s1. The lowest BCUT2D eigenvalue weighted by Crippen LogP contribution is -2.92. The average Bonchev–Trinajstić information content (AvgIpc) is 2.83. The van der Waals surface area contributed by atoms with Gasteiger partial charge in [-0.15, -0.1) is 0 Å². The predicted octanol–water partition coefficient (Wildman–Crippen LogP) is 0.530. The van der Waals surface area contributed by atoms with E-state index in [1.807, 2.05) is 0 Å². The van der Waals surface area contributed by atoms with Gasteiger partial charge in [0.2, 0.25) is 0 Å². The highest BCUT2D eigenvalue weighted by atomic mass is 19.1. The number of hydrogen-bond donors (Lipinski definition) is 2. The molecular formula is C14H18F2N3O2+. The summed E-state index contributed by atoms with van der Waals surface area (Å²) >= 11 is 0. The first-order chi connectivity index (χ1) is 9.90. The average molecular weight is 298 g/mol. The van der Waals surface area contributed by atoms with Crippen molar-refractivity contribution in [1.29, 1.82) is 0 Å². The molecule has 0 radical (unpaired) electrons. The van der Waals surface area contributed by atoms with Crippen LogP contribution in [0.4, 0.5) is 13.6 Å². The summed E-state index contributed by atoms with van der Waals surface area (Å²) in [6.07, 6.45) is 0. The Balaban J connectivity index is 2.03. The topological polar surface area (TPSA) is 66.0 Å². The van der Waals surface area contributed by atoms with Crippen LogP contribution < -0.4 is 10.6 Å². The van der Waals surface area contributed by atoms with Crippen LogP contribution >= 0.6 is 0 Å². The molecule has 2 atom stereocenters. The lowest BCUT2D eigenvalue weighted by Gasteiger charge is -2.20. The summed E-state index contributed by atoms with van der Waals surface area (Å²) in [5.41, 5.74) is 0.321. The Morgan fingerprint density at radius 3 is 2.67 bits per heavy atom. The van der Waals surface area contributed by atoms with Crippen molar-refractivity contribution in [1.82, 2.24) is 10.2 Å². The van der Waals surface area contributed by atoms with E-state index in [0.29, 0.717) is 18.7 Å². The van der Waals surface area contributed by atoms with Crippen molar-refractivity contribution >= 4 is 11.9 Å². The van der Waals surface area contributed by atoms with Crippen molar-refractivity contribution in [2.75, 3.05) is 13.1 Å². The molecule has 0 bridgehead atoms. The van der Waals surface area contributed by atoms with Gasteiger partial charge in [0, 0.05) is 24.7 Å². The summed E-state index contributed by atoms with van der Waals surface area (Å²) in [6, 6.07) is 2.07. The second-order valence-corrected chi connectivity index (χ2v) is 5.16. The molecule has 5 nitrogen and oxygen atoms in total. The smallest absolute Gasteiger partial charge is 0.324 e. The van der Waals surface area contributed by atoms with Gasteiger partial charge in [0.1, 0.15) is 17.7 Å². The third-order valence-electron chi connectivity index (χ3n) is 3.54. The molecule has 21 heavy (non-hydrogen) atoms. The summed E-state index contributed by atoms with van der Waals surface area (Å²) in [4.78, 5) is 24.7. The van der Waals surface area contributed by atoms with E-state index >= 15 is 0 Å². The maximum atomic E-state index is 13.7. The first-order valence-electron chi connectivity index (χ1n) is 6.79. The number of imide groups is 1. The SMILES string of the molecule is C[C@@H]([NH2+][C@H](C)c1ccc(F)cc1F)C(=O)N1CCNC1=O. The van der Waals surface area contributed by atoms with Crippen LogP contribution in [-0.4, -0.2) is 36.0 Å². The Kier molecular flexibility index (Phi) is 4.52. The van der Waals surface area contributed by atoms with E-state index < -0.39 is 23.7 Å². The molecule has 1 saturated heterocycles. The first-order valence-corrected chi connectivity index (χ1v) is 6.79. The van der Waals surface area contributed by atoms with Crippen LogP contribution in [0.5, 0.6) is 0 Å². The van der Waals surface area contributed by atoms with Gasteiger partial charge in [0.15, 0.2) is 6.04 Å². The monoisotopic (exact) mass is 298 g/mol. The number of nitrogens with zero attached hydrogens (tertiary/aromatic N) is 1. The van der Waals surface area contributed by atoms with Crippen molar-refractivity contribution in [3.05, 3.63) is 35.4 Å². The molecule has 3 N–H and O–H groups in total. The third kappa shape index (κ3) is 3.36. The van der Waals surface area contributed by atoms with Crippen LogP contribution in [0, 0.1) is 11.6 Å². The number of benzene rings is 1. The molecule has 1 aromatic rings. The van der Waals surface area contributed by atoms with Gasteiger partial charge in [0.25, 0.3) is 5.91 Å². The Morgan fingerprint density at radius 2 is 2.10 bits per heavy atom. The summed E-state index contributed by atoms with van der Waals surface area (Å²) in [7, 11) is 0. The maximum Gasteiger partial charge on any atom is 0.324 e. The van der Waals surface area contributed by atoms with Gasteiger partial charge >= 0.3 is 6.03 Å². The second-order valence-electron chi connectivity index (χ2n) is 5.16. The highest BCUT2D eigenvalue weighted by Gasteiger charge is 2.32. The molecule has 114 valence electrons. The Hall–Kier alpha value is -2.02. The van der Waals surface area contributed by atoms with Gasteiger partial charge < -0.3 is 10.6 Å². The zero-order valence-corrected chi connectivity index (χ0v) is 11.9. The van der Waals surface area contributed by atoms with Gasteiger partial charge in [-0.2, -0.15) is 0 Å². The van der Waals surface area contributed by atoms with Gasteiger partial charge in [-0.05, 0) is 26.0 Å².